The molecule has 2 amide bonds. The zero-order chi connectivity index (χ0) is 13.1. The summed E-state index contributed by atoms with van der Waals surface area (Å²) in [5.74, 6) is -2.16. The summed E-state index contributed by atoms with van der Waals surface area (Å²) < 4.78 is 0. The number of carbonyl (C=O) groups is 2. The van der Waals surface area contributed by atoms with Crippen molar-refractivity contribution in [2.75, 3.05) is 0 Å². The molecule has 0 radical (unpaired) electrons. The molecule has 1 fully saturated rings. The number of aliphatic imine (C=N–C) groups is 1. The number of amides is 2. The summed E-state index contributed by atoms with van der Waals surface area (Å²) in [6.45, 7) is 0. The predicted molar refractivity (Wildman–Crippen MR) is 68.6 cm³/mol. The Morgan fingerprint density at radius 2 is 1.83 bits per heavy atom. The number of nitrogens with zero attached hydrogens (tertiary/aromatic N) is 1. The van der Waals surface area contributed by atoms with Crippen LogP contribution in [-0.2, 0) is 9.59 Å². The van der Waals surface area contributed by atoms with E-state index in [1.165, 1.54) is 12.3 Å². The second-order valence-corrected chi connectivity index (χ2v) is 3.96. The Morgan fingerprint density at radius 1 is 1.22 bits per heavy atom. The van der Waals surface area contributed by atoms with Gasteiger partial charge in [-0.3, -0.25) is 14.6 Å². The van der Waals surface area contributed by atoms with Gasteiger partial charge in [-0.15, -0.1) is 0 Å². The predicted octanol–water partition coefficient (Wildman–Crippen LogP) is 0.242. The number of phenols is 1. The third kappa shape index (κ3) is 2.51. The Balaban J connectivity index is 2.19. The molecule has 1 heterocycles. The third-order valence-corrected chi connectivity index (χ3v) is 2.49. The van der Waals surface area contributed by atoms with Gasteiger partial charge in [-0.1, -0.05) is 12.1 Å². The highest BCUT2D eigenvalue weighted by molar-refractivity contribution is 7.80. The third-order valence-electron chi connectivity index (χ3n) is 2.28. The van der Waals surface area contributed by atoms with E-state index in [1.54, 1.807) is 18.2 Å². The zero-order valence-corrected chi connectivity index (χ0v) is 9.90. The van der Waals surface area contributed by atoms with E-state index in [4.69, 9.17) is 0 Å². The first-order valence-corrected chi connectivity index (χ1v) is 5.46. The number of thiocarbonyl (C=S) groups is 1. The van der Waals surface area contributed by atoms with Crippen LogP contribution in [0.4, 0.5) is 5.69 Å². The summed E-state index contributed by atoms with van der Waals surface area (Å²) in [4.78, 5) is 26.9. The van der Waals surface area contributed by atoms with Gasteiger partial charge in [0.1, 0.15) is 11.4 Å². The molecule has 3 N–H and O–H groups in total. The van der Waals surface area contributed by atoms with Gasteiger partial charge in [0.25, 0.3) is 0 Å². The highest BCUT2D eigenvalue weighted by atomic mass is 32.1. The van der Waals surface area contributed by atoms with Crippen molar-refractivity contribution in [3.8, 4) is 5.75 Å². The van der Waals surface area contributed by atoms with Gasteiger partial charge in [0.05, 0.1) is 0 Å². The Labute approximate surface area is 108 Å². The van der Waals surface area contributed by atoms with Gasteiger partial charge in [-0.25, -0.2) is 0 Å². The maximum atomic E-state index is 11.5. The first-order valence-electron chi connectivity index (χ1n) is 5.06. The fourth-order valence-electron chi connectivity index (χ4n) is 1.39. The van der Waals surface area contributed by atoms with Crippen LogP contribution in [0.1, 0.15) is 0 Å². The van der Waals surface area contributed by atoms with E-state index in [-0.39, 0.29) is 16.5 Å². The second kappa shape index (κ2) is 4.92. The van der Waals surface area contributed by atoms with Gasteiger partial charge in [0.2, 0.25) is 11.8 Å². The molecule has 0 spiro atoms. The van der Waals surface area contributed by atoms with Crippen molar-refractivity contribution < 1.29 is 14.7 Å². The Hall–Kier alpha value is -2.28. The molecule has 1 saturated heterocycles. The van der Waals surface area contributed by atoms with Crippen LogP contribution in [0.15, 0.2) is 29.3 Å². The number of para-hydroxylation sites is 2. The fraction of sp³-hybridized carbons (Fsp3) is 0.0909. The second-order valence-electron chi connectivity index (χ2n) is 3.55. The van der Waals surface area contributed by atoms with Gasteiger partial charge in [-0.2, -0.15) is 0 Å². The van der Waals surface area contributed by atoms with Crippen LogP contribution in [0.5, 0.6) is 5.75 Å². The van der Waals surface area contributed by atoms with E-state index < -0.39 is 17.7 Å². The average Bonchev–Trinajstić information content (AvgIpc) is 2.30. The van der Waals surface area contributed by atoms with Crippen molar-refractivity contribution in [1.82, 2.24) is 10.6 Å². The fourth-order valence-corrected chi connectivity index (χ4v) is 1.59. The van der Waals surface area contributed by atoms with Crippen LogP contribution < -0.4 is 10.6 Å². The Bertz CT molecular complexity index is 536. The molecule has 0 unspecified atom stereocenters. The van der Waals surface area contributed by atoms with E-state index in [1.807, 2.05) is 0 Å². The summed E-state index contributed by atoms with van der Waals surface area (Å²) in [5, 5.41) is 14.1. The monoisotopic (exact) mass is 263 g/mol. The average molecular weight is 263 g/mol. The normalized spacial score (nSPS) is 16.8. The van der Waals surface area contributed by atoms with Crippen LogP contribution in [-0.4, -0.2) is 28.2 Å². The number of aromatic hydroxyl groups is 1. The van der Waals surface area contributed by atoms with Crippen LogP contribution >= 0.6 is 12.2 Å². The Morgan fingerprint density at radius 3 is 2.44 bits per heavy atom. The molecule has 1 aliphatic heterocycles. The SMILES string of the molecule is O=C1NC(=S)NC(=O)C1C=Nc1ccccc1O. The number of phenolic OH excluding ortho intramolecular Hbond substituents is 1. The Kier molecular flexibility index (Phi) is 3.33. The molecule has 7 heteroatoms. The van der Waals surface area contributed by atoms with Crippen LogP contribution in [0.3, 0.4) is 0 Å². The molecule has 0 aliphatic carbocycles. The first kappa shape index (κ1) is 12.2. The summed E-state index contributed by atoms with van der Waals surface area (Å²) in [6, 6.07) is 6.35. The number of hydrogen-bond acceptors (Lipinski definition) is 5. The molecular formula is C11H9N3O3S. The molecule has 1 aliphatic rings. The van der Waals surface area contributed by atoms with Gasteiger partial charge in [-0.05, 0) is 24.4 Å². The van der Waals surface area contributed by atoms with Gasteiger partial charge >= 0.3 is 0 Å². The summed E-state index contributed by atoms with van der Waals surface area (Å²) in [5.41, 5.74) is 0.284. The minimum Gasteiger partial charge on any atom is -0.506 e. The lowest BCUT2D eigenvalue weighted by Gasteiger charge is -2.19. The molecule has 1 aromatic rings. The van der Waals surface area contributed by atoms with E-state index >= 15 is 0 Å². The maximum absolute atomic E-state index is 11.5. The van der Waals surface area contributed by atoms with Gasteiger partial charge < -0.3 is 15.7 Å². The lowest BCUT2D eigenvalue weighted by Crippen LogP contribution is -2.56. The molecule has 1 aromatic carbocycles. The molecule has 92 valence electrons. The van der Waals surface area contributed by atoms with Crippen molar-refractivity contribution in [1.29, 1.82) is 0 Å². The number of benzene rings is 1. The molecule has 0 atom stereocenters. The minimum absolute atomic E-state index is 0.0165. The summed E-state index contributed by atoms with van der Waals surface area (Å²) in [6.07, 6.45) is 1.17. The standard InChI is InChI=1S/C11H9N3O3S/c15-8-4-2-1-3-7(8)12-5-6-9(16)13-11(18)14-10(6)17/h1-6,15H,(H2,13,14,16,17,18). The van der Waals surface area contributed by atoms with Crippen LogP contribution in [0.2, 0.25) is 0 Å². The van der Waals surface area contributed by atoms with Crippen molar-refractivity contribution in [2.24, 2.45) is 10.9 Å². The minimum atomic E-state index is -1.06. The van der Waals surface area contributed by atoms with E-state index in [2.05, 4.69) is 27.8 Å². The van der Waals surface area contributed by atoms with Crippen molar-refractivity contribution in [3.05, 3.63) is 24.3 Å². The van der Waals surface area contributed by atoms with Crippen molar-refractivity contribution >= 4 is 41.0 Å². The zero-order valence-electron chi connectivity index (χ0n) is 9.08. The summed E-state index contributed by atoms with van der Waals surface area (Å²) in [7, 11) is 0. The number of carbonyl (C=O) groups excluding carboxylic acids is 2. The highest BCUT2D eigenvalue weighted by Gasteiger charge is 2.30. The molecule has 0 bridgehead atoms. The molecule has 18 heavy (non-hydrogen) atoms. The van der Waals surface area contributed by atoms with Crippen LogP contribution in [0, 0.1) is 5.92 Å². The first-order chi connectivity index (χ1) is 8.58. The van der Waals surface area contributed by atoms with Gasteiger partial charge in [0.15, 0.2) is 11.0 Å². The molecule has 0 aromatic heterocycles. The quantitative estimate of drug-likeness (QED) is 0.405. The van der Waals surface area contributed by atoms with E-state index in [9.17, 15) is 14.7 Å². The molecule has 2 rings (SSSR count). The van der Waals surface area contributed by atoms with E-state index in [0.29, 0.717) is 0 Å². The van der Waals surface area contributed by atoms with Crippen molar-refractivity contribution in [3.63, 3.8) is 0 Å². The molecule has 6 nitrogen and oxygen atoms in total. The van der Waals surface area contributed by atoms with Crippen molar-refractivity contribution in [2.45, 2.75) is 0 Å². The van der Waals surface area contributed by atoms with Gasteiger partial charge in [0, 0.05) is 6.21 Å². The number of hydrogen-bond donors (Lipinski definition) is 3. The topological polar surface area (TPSA) is 90.8 Å². The number of nitrogens with one attached hydrogen (secondary N) is 2. The maximum Gasteiger partial charge on any atom is 0.244 e. The lowest BCUT2D eigenvalue weighted by atomic mass is 10.1. The largest absolute Gasteiger partial charge is 0.506 e. The highest BCUT2D eigenvalue weighted by Crippen LogP contribution is 2.24. The smallest absolute Gasteiger partial charge is 0.244 e. The summed E-state index contributed by atoms with van der Waals surface area (Å²) >= 11 is 4.66. The van der Waals surface area contributed by atoms with Crippen LogP contribution in [0.25, 0.3) is 0 Å². The van der Waals surface area contributed by atoms with E-state index in [0.717, 1.165) is 0 Å². The molecule has 0 saturated carbocycles. The number of rotatable bonds is 2. The molecular weight excluding hydrogens is 254 g/mol. The lowest BCUT2D eigenvalue weighted by molar-refractivity contribution is -0.131.